The molecule has 0 aromatic heterocycles. The molecule has 98 valence electrons. The fourth-order valence-corrected chi connectivity index (χ4v) is 2.66. The maximum absolute atomic E-state index is 5.69. The van der Waals surface area contributed by atoms with Crippen LogP contribution in [0.5, 0.6) is 5.75 Å². The Morgan fingerprint density at radius 3 is 2.89 bits per heavy atom. The lowest BCUT2D eigenvalue weighted by Crippen LogP contribution is -2.32. The van der Waals surface area contributed by atoms with Gasteiger partial charge in [0.2, 0.25) is 0 Å². The van der Waals surface area contributed by atoms with E-state index in [1.807, 2.05) is 12.1 Å². The molecule has 2 aromatic carbocycles. The van der Waals surface area contributed by atoms with Crippen LogP contribution in [0.3, 0.4) is 0 Å². The van der Waals surface area contributed by atoms with Gasteiger partial charge in [0, 0.05) is 11.0 Å². The normalized spacial score (nSPS) is 13.9. The maximum Gasteiger partial charge on any atom is 0.142 e. The molecule has 0 fully saturated rings. The molecule has 0 bridgehead atoms. The zero-order valence-electron chi connectivity index (χ0n) is 10.9. The Kier molecular flexibility index (Phi) is 3.47. The van der Waals surface area contributed by atoms with E-state index in [0.29, 0.717) is 0 Å². The molecule has 2 nitrogen and oxygen atoms in total. The highest BCUT2D eigenvalue weighted by Crippen LogP contribution is 2.32. The van der Waals surface area contributed by atoms with Crippen LogP contribution in [0.4, 0.5) is 5.69 Å². The molecule has 0 amide bonds. The summed E-state index contributed by atoms with van der Waals surface area (Å²) in [6.45, 7) is 4.74. The minimum absolute atomic E-state index is 0.756. The van der Waals surface area contributed by atoms with Crippen LogP contribution in [0.25, 0.3) is 0 Å². The van der Waals surface area contributed by atoms with Gasteiger partial charge in [-0.1, -0.05) is 40.2 Å². The van der Waals surface area contributed by atoms with Crippen molar-refractivity contribution in [1.82, 2.24) is 0 Å². The Labute approximate surface area is 122 Å². The van der Waals surface area contributed by atoms with Crippen LogP contribution in [0, 0.1) is 6.92 Å². The quantitative estimate of drug-likeness (QED) is 0.824. The van der Waals surface area contributed by atoms with Crippen molar-refractivity contribution < 1.29 is 4.74 Å². The zero-order chi connectivity index (χ0) is 13.2. The van der Waals surface area contributed by atoms with Crippen LogP contribution in [-0.4, -0.2) is 13.2 Å². The summed E-state index contributed by atoms with van der Waals surface area (Å²) in [5.74, 6) is 0.989. The van der Waals surface area contributed by atoms with Gasteiger partial charge >= 0.3 is 0 Å². The minimum atomic E-state index is 0.756. The molecule has 3 rings (SSSR count). The van der Waals surface area contributed by atoms with Crippen LogP contribution in [-0.2, 0) is 6.54 Å². The molecule has 0 aliphatic carbocycles. The van der Waals surface area contributed by atoms with E-state index in [4.69, 9.17) is 4.74 Å². The fraction of sp³-hybridized carbons (Fsp3) is 0.250. The van der Waals surface area contributed by atoms with Gasteiger partial charge in [-0.05, 0) is 36.2 Å². The van der Waals surface area contributed by atoms with Gasteiger partial charge in [-0.25, -0.2) is 0 Å². The molecule has 0 unspecified atom stereocenters. The van der Waals surface area contributed by atoms with E-state index in [1.165, 1.54) is 21.3 Å². The number of anilines is 1. The highest BCUT2D eigenvalue weighted by atomic mass is 79.9. The summed E-state index contributed by atoms with van der Waals surface area (Å²) in [4.78, 5) is 2.38. The largest absolute Gasteiger partial charge is 0.490 e. The molecule has 19 heavy (non-hydrogen) atoms. The fourth-order valence-electron chi connectivity index (χ4n) is 2.42. The van der Waals surface area contributed by atoms with E-state index < -0.39 is 0 Å². The minimum Gasteiger partial charge on any atom is -0.490 e. The van der Waals surface area contributed by atoms with Gasteiger partial charge in [0.15, 0.2) is 0 Å². The number of nitrogens with zero attached hydrogens (tertiary/aromatic N) is 1. The molecule has 1 heterocycles. The molecule has 0 radical (unpaired) electrons. The first kappa shape index (κ1) is 12.5. The van der Waals surface area contributed by atoms with Gasteiger partial charge in [-0.3, -0.25) is 0 Å². The Bertz CT molecular complexity index is 597. The molecule has 0 saturated heterocycles. The number of ether oxygens (including phenoxy) is 1. The van der Waals surface area contributed by atoms with Gasteiger partial charge in [-0.15, -0.1) is 0 Å². The SMILES string of the molecule is Cc1cc(CN2CCOc3ccccc32)ccc1Br. The number of rotatable bonds is 2. The van der Waals surface area contributed by atoms with Crippen LogP contribution >= 0.6 is 15.9 Å². The predicted molar refractivity (Wildman–Crippen MR) is 81.9 cm³/mol. The monoisotopic (exact) mass is 317 g/mol. The summed E-state index contributed by atoms with van der Waals surface area (Å²) in [6.07, 6.45) is 0. The standard InChI is InChI=1S/C16H16BrNO/c1-12-10-13(6-7-14(12)17)11-18-8-9-19-16-5-3-2-4-15(16)18/h2-7,10H,8-9,11H2,1H3. The van der Waals surface area contributed by atoms with Gasteiger partial charge < -0.3 is 9.64 Å². The highest BCUT2D eigenvalue weighted by Gasteiger charge is 2.17. The van der Waals surface area contributed by atoms with Crippen molar-refractivity contribution in [2.24, 2.45) is 0 Å². The molecule has 0 saturated carbocycles. The molecule has 3 heteroatoms. The third kappa shape index (κ3) is 2.61. The van der Waals surface area contributed by atoms with Crippen molar-refractivity contribution in [3.63, 3.8) is 0 Å². The predicted octanol–water partition coefficient (Wildman–Crippen LogP) is 4.16. The van der Waals surface area contributed by atoms with Gasteiger partial charge in [-0.2, -0.15) is 0 Å². The number of aryl methyl sites for hydroxylation is 1. The molecule has 1 aliphatic heterocycles. The van der Waals surface area contributed by atoms with E-state index in [-0.39, 0.29) is 0 Å². The second-order valence-electron chi connectivity index (χ2n) is 4.82. The molecule has 0 spiro atoms. The van der Waals surface area contributed by atoms with E-state index in [9.17, 15) is 0 Å². The number of halogens is 1. The number of fused-ring (bicyclic) bond motifs is 1. The van der Waals surface area contributed by atoms with E-state index >= 15 is 0 Å². The van der Waals surface area contributed by atoms with Crippen LogP contribution < -0.4 is 9.64 Å². The smallest absolute Gasteiger partial charge is 0.142 e. The molecule has 2 aromatic rings. The molecular weight excluding hydrogens is 302 g/mol. The van der Waals surface area contributed by atoms with Crippen LogP contribution in [0.1, 0.15) is 11.1 Å². The summed E-state index contributed by atoms with van der Waals surface area (Å²) in [6, 6.07) is 14.8. The summed E-state index contributed by atoms with van der Waals surface area (Å²) in [5.41, 5.74) is 3.80. The second-order valence-corrected chi connectivity index (χ2v) is 5.68. The Balaban J connectivity index is 1.86. The lowest BCUT2D eigenvalue weighted by atomic mass is 10.1. The lowest BCUT2D eigenvalue weighted by Gasteiger charge is -2.31. The van der Waals surface area contributed by atoms with E-state index in [0.717, 1.165) is 25.4 Å². The summed E-state index contributed by atoms with van der Waals surface area (Å²) < 4.78 is 6.85. The van der Waals surface area contributed by atoms with Crippen LogP contribution in [0.15, 0.2) is 46.9 Å². The van der Waals surface area contributed by atoms with Crippen molar-refractivity contribution in [2.75, 3.05) is 18.1 Å². The molecule has 1 aliphatic rings. The van der Waals surface area contributed by atoms with Crippen molar-refractivity contribution >= 4 is 21.6 Å². The Morgan fingerprint density at radius 1 is 1.21 bits per heavy atom. The van der Waals surface area contributed by atoms with Gasteiger partial charge in [0.1, 0.15) is 12.4 Å². The molecular formula is C16H16BrNO. The van der Waals surface area contributed by atoms with E-state index in [2.05, 4.69) is 58.1 Å². The molecule has 0 N–H and O–H groups in total. The Morgan fingerprint density at radius 2 is 2.05 bits per heavy atom. The number of hydrogen-bond acceptors (Lipinski definition) is 2. The number of hydrogen-bond donors (Lipinski definition) is 0. The maximum atomic E-state index is 5.69. The average Bonchev–Trinajstić information content (AvgIpc) is 2.43. The number of benzene rings is 2. The zero-order valence-corrected chi connectivity index (χ0v) is 12.5. The Hall–Kier alpha value is -1.48. The number of para-hydroxylation sites is 2. The third-order valence-electron chi connectivity index (χ3n) is 3.42. The molecule has 0 atom stereocenters. The van der Waals surface area contributed by atoms with Gasteiger partial charge in [0.25, 0.3) is 0 Å². The topological polar surface area (TPSA) is 12.5 Å². The van der Waals surface area contributed by atoms with Crippen molar-refractivity contribution in [3.05, 3.63) is 58.1 Å². The van der Waals surface area contributed by atoms with E-state index in [1.54, 1.807) is 0 Å². The first-order chi connectivity index (χ1) is 9.24. The lowest BCUT2D eigenvalue weighted by molar-refractivity contribution is 0.307. The first-order valence-electron chi connectivity index (χ1n) is 6.46. The van der Waals surface area contributed by atoms with Crippen molar-refractivity contribution in [1.29, 1.82) is 0 Å². The van der Waals surface area contributed by atoms with Gasteiger partial charge in [0.05, 0.1) is 12.2 Å². The second kappa shape index (κ2) is 5.25. The van der Waals surface area contributed by atoms with Crippen molar-refractivity contribution in [2.45, 2.75) is 13.5 Å². The summed E-state index contributed by atoms with van der Waals surface area (Å²) in [7, 11) is 0. The summed E-state index contributed by atoms with van der Waals surface area (Å²) >= 11 is 3.55. The summed E-state index contributed by atoms with van der Waals surface area (Å²) in [5, 5.41) is 0. The third-order valence-corrected chi connectivity index (χ3v) is 4.31. The van der Waals surface area contributed by atoms with Crippen molar-refractivity contribution in [3.8, 4) is 5.75 Å². The first-order valence-corrected chi connectivity index (χ1v) is 7.25. The van der Waals surface area contributed by atoms with Crippen LogP contribution in [0.2, 0.25) is 0 Å². The highest BCUT2D eigenvalue weighted by molar-refractivity contribution is 9.10. The average molecular weight is 318 g/mol.